The van der Waals surface area contributed by atoms with Gasteiger partial charge in [-0.1, -0.05) is 55.0 Å². The van der Waals surface area contributed by atoms with Gasteiger partial charge in [0.25, 0.3) is 10.0 Å². The van der Waals surface area contributed by atoms with E-state index < -0.39 is 28.5 Å². The van der Waals surface area contributed by atoms with Crippen LogP contribution in [0.1, 0.15) is 38.3 Å². The van der Waals surface area contributed by atoms with Gasteiger partial charge in [-0.2, -0.15) is 0 Å². The number of hydrogen-bond donors (Lipinski definition) is 1. The molecule has 0 fully saturated rings. The average Bonchev–Trinajstić information content (AvgIpc) is 2.95. The first-order valence-electron chi connectivity index (χ1n) is 13.6. The van der Waals surface area contributed by atoms with E-state index in [2.05, 4.69) is 5.32 Å². The van der Waals surface area contributed by atoms with Gasteiger partial charge in [-0.05, 0) is 75.6 Å². The van der Waals surface area contributed by atoms with Crippen molar-refractivity contribution in [3.8, 4) is 5.75 Å². The third-order valence-corrected chi connectivity index (χ3v) is 8.33. The molecular formula is C31H39N3O5S. The molecule has 3 rings (SSSR count). The van der Waals surface area contributed by atoms with Crippen LogP contribution in [0, 0.1) is 6.92 Å². The van der Waals surface area contributed by atoms with E-state index in [1.54, 1.807) is 36.4 Å². The number of likely N-dealkylation sites (N-methyl/N-ethyl adjacent to an activating group) is 1. The van der Waals surface area contributed by atoms with E-state index in [9.17, 15) is 18.0 Å². The zero-order valence-corrected chi connectivity index (χ0v) is 24.5. The highest BCUT2D eigenvalue weighted by Gasteiger charge is 2.33. The van der Waals surface area contributed by atoms with Crippen LogP contribution in [0.3, 0.4) is 0 Å². The van der Waals surface area contributed by atoms with Crippen LogP contribution in [-0.4, -0.2) is 57.4 Å². The summed E-state index contributed by atoms with van der Waals surface area (Å²) in [6.07, 6.45) is 0.913. The van der Waals surface area contributed by atoms with Crippen LogP contribution in [-0.2, 0) is 26.0 Å². The molecule has 0 aromatic heterocycles. The number of ether oxygens (including phenoxy) is 1. The van der Waals surface area contributed by atoms with Gasteiger partial charge < -0.3 is 15.0 Å². The molecule has 9 heteroatoms. The molecule has 0 heterocycles. The standard InChI is InChI=1S/C31H39N3O5S/c1-5-29(31(36)32-6-2)33(22-21-25-11-9-8-10-12-25)30(35)23-34(26-15-17-27(18-16-26)39-7-3)40(37,38)28-19-13-24(4)14-20-28/h8-20,29H,5-7,21-23H2,1-4H3,(H,32,36)/t29-/m0/s1. The molecule has 0 radical (unpaired) electrons. The van der Waals surface area contributed by atoms with Gasteiger partial charge in [-0.15, -0.1) is 0 Å². The second-order valence-electron chi connectivity index (χ2n) is 9.39. The summed E-state index contributed by atoms with van der Waals surface area (Å²) in [5.74, 6) is -0.129. The lowest BCUT2D eigenvalue weighted by Gasteiger charge is -2.33. The molecule has 1 N–H and O–H groups in total. The maximum Gasteiger partial charge on any atom is 0.264 e. The van der Waals surface area contributed by atoms with Crippen LogP contribution < -0.4 is 14.4 Å². The van der Waals surface area contributed by atoms with Crippen molar-refractivity contribution < 1.29 is 22.7 Å². The lowest BCUT2D eigenvalue weighted by Crippen LogP contribution is -2.53. The lowest BCUT2D eigenvalue weighted by atomic mass is 10.1. The first kappa shape index (κ1) is 30.7. The third-order valence-electron chi connectivity index (χ3n) is 6.54. The van der Waals surface area contributed by atoms with E-state index in [4.69, 9.17) is 4.74 Å². The molecule has 214 valence electrons. The van der Waals surface area contributed by atoms with Crippen LogP contribution in [0.4, 0.5) is 5.69 Å². The number of benzene rings is 3. The van der Waals surface area contributed by atoms with Crippen molar-refractivity contribution in [2.75, 3.05) is 30.5 Å². The predicted molar refractivity (Wildman–Crippen MR) is 158 cm³/mol. The second-order valence-corrected chi connectivity index (χ2v) is 11.3. The fraction of sp³-hybridized carbons (Fsp3) is 0.355. The molecule has 1 atom stereocenters. The smallest absolute Gasteiger partial charge is 0.264 e. The van der Waals surface area contributed by atoms with Crippen molar-refractivity contribution in [1.29, 1.82) is 0 Å². The van der Waals surface area contributed by atoms with Gasteiger partial charge in [-0.25, -0.2) is 8.42 Å². The normalized spacial score (nSPS) is 11.9. The summed E-state index contributed by atoms with van der Waals surface area (Å²) in [7, 11) is -4.11. The molecule has 3 aromatic rings. The highest BCUT2D eigenvalue weighted by Crippen LogP contribution is 2.27. The SMILES string of the molecule is CCNC(=O)[C@H](CC)N(CCc1ccccc1)C(=O)CN(c1ccc(OCC)cc1)S(=O)(=O)c1ccc(C)cc1. The Balaban J connectivity index is 2.00. The monoisotopic (exact) mass is 565 g/mol. The fourth-order valence-electron chi connectivity index (χ4n) is 4.43. The zero-order chi connectivity index (χ0) is 29.1. The fourth-order valence-corrected chi connectivity index (χ4v) is 5.84. The molecule has 0 bridgehead atoms. The summed E-state index contributed by atoms with van der Waals surface area (Å²) in [5.41, 5.74) is 2.26. The van der Waals surface area contributed by atoms with Crippen molar-refractivity contribution in [3.05, 3.63) is 90.0 Å². The summed E-state index contributed by atoms with van der Waals surface area (Å²) in [4.78, 5) is 28.5. The molecule has 0 saturated carbocycles. The Labute approximate surface area is 238 Å². The summed E-state index contributed by atoms with van der Waals surface area (Å²) in [5, 5.41) is 2.82. The molecule has 0 spiro atoms. The zero-order valence-electron chi connectivity index (χ0n) is 23.7. The number of rotatable bonds is 14. The van der Waals surface area contributed by atoms with Crippen molar-refractivity contribution in [1.82, 2.24) is 10.2 Å². The molecule has 0 aliphatic heterocycles. The molecular weight excluding hydrogens is 526 g/mol. The highest BCUT2D eigenvalue weighted by molar-refractivity contribution is 7.92. The van der Waals surface area contributed by atoms with Crippen molar-refractivity contribution in [2.24, 2.45) is 0 Å². The first-order valence-corrected chi connectivity index (χ1v) is 15.1. The van der Waals surface area contributed by atoms with Crippen molar-refractivity contribution >= 4 is 27.5 Å². The van der Waals surface area contributed by atoms with Gasteiger partial charge in [0, 0.05) is 13.1 Å². The number of carbonyl (C=O) groups is 2. The number of sulfonamides is 1. The van der Waals surface area contributed by atoms with Gasteiger partial charge in [0.1, 0.15) is 18.3 Å². The number of nitrogens with one attached hydrogen (secondary N) is 1. The average molecular weight is 566 g/mol. The van der Waals surface area contributed by atoms with Gasteiger partial charge in [0.05, 0.1) is 17.2 Å². The van der Waals surface area contributed by atoms with Gasteiger partial charge in [0.2, 0.25) is 11.8 Å². The Kier molecular flexibility index (Phi) is 11.1. The van der Waals surface area contributed by atoms with E-state index in [1.807, 2.05) is 58.0 Å². The van der Waals surface area contributed by atoms with Crippen LogP contribution in [0.2, 0.25) is 0 Å². The van der Waals surface area contributed by atoms with E-state index in [1.165, 1.54) is 17.0 Å². The van der Waals surface area contributed by atoms with Gasteiger partial charge in [0.15, 0.2) is 0 Å². The van der Waals surface area contributed by atoms with E-state index in [0.717, 1.165) is 15.4 Å². The van der Waals surface area contributed by atoms with Crippen LogP contribution >= 0.6 is 0 Å². The number of carbonyl (C=O) groups excluding carboxylic acids is 2. The number of aryl methyl sites for hydroxylation is 1. The van der Waals surface area contributed by atoms with Crippen molar-refractivity contribution in [3.63, 3.8) is 0 Å². The molecule has 40 heavy (non-hydrogen) atoms. The maximum atomic E-state index is 14.0. The largest absolute Gasteiger partial charge is 0.494 e. The van der Waals surface area contributed by atoms with Crippen LogP contribution in [0.15, 0.2) is 83.8 Å². The minimum Gasteiger partial charge on any atom is -0.494 e. The van der Waals surface area contributed by atoms with Gasteiger partial charge >= 0.3 is 0 Å². The van der Waals surface area contributed by atoms with E-state index >= 15 is 0 Å². The van der Waals surface area contributed by atoms with E-state index in [0.29, 0.717) is 37.4 Å². The Morgan fingerprint density at radius 2 is 1.55 bits per heavy atom. The maximum absolute atomic E-state index is 14.0. The second kappa shape index (κ2) is 14.5. The summed E-state index contributed by atoms with van der Waals surface area (Å²) in [6, 6.07) is 22.1. The predicted octanol–water partition coefficient (Wildman–Crippen LogP) is 4.58. The number of nitrogens with zero attached hydrogens (tertiary/aromatic N) is 2. The molecule has 0 aliphatic carbocycles. The molecule has 2 amide bonds. The van der Waals surface area contributed by atoms with Crippen LogP contribution in [0.5, 0.6) is 5.75 Å². The summed E-state index contributed by atoms with van der Waals surface area (Å²) >= 11 is 0. The van der Waals surface area contributed by atoms with Gasteiger partial charge in [-0.3, -0.25) is 13.9 Å². The quantitative estimate of drug-likeness (QED) is 0.309. The first-order chi connectivity index (χ1) is 19.2. The van der Waals surface area contributed by atoms with Crippen LogP contribution in [0.25, 0.3) is 0 Å². The van der Waals surface area contributed by atoms with E-state index in [-0.39, 0.29) is 17.3 Å². The Morgan fingerprint density at radius 3 is 2.12 bits per heavy atom. The Hall–Kier alpha value is -3.85. The molecule has 8 nitrogen and oxygen atoms in total. The summed E-state index contributed by atoms with van der Waals surface area (Å²) in [6.45, 7) is 8.10. The molecule has 0 aliphatic rings. The minimum atomic E-state index is -4.11. The highest BCUT2D eigenvalue weighted by atomic mass is 32.2. The Bertz CT molecular complexity index is 1340. The lowest BCUT2D eigenvalue weighted by molar-refractivity contribution is -0.139. The Morgan fingerprint density at radius 1 is 0.900 bits per heavy atom. The number of anilines is 1. The number of hydrogen-bond acceptors (Lipinski definition) is 5. The van der Waals surface area contributed by atoms with Crippen molar-refractivity contribution in [2.45, 2.75) is 51.5 Å². The molecule has 3 aromatic carbocycles. The number of amides is 2. The summed E-state index contributed by atoms with van der Waals surface area (Å²) < 4.78 is 34.5. The topological polar surface area (TPSA) is 96.0 Å². The third kappa shape index (κ3) is 7.85. The molecule has 0 saturated heterocycles. The minimum absolute atomic E-state index is 0.0754. The molecule has 0 unspecified atom stereocenters.